The maximum atomic E-state index is 13.4. The lowest BCUT2D eigenvalue weighted by atomic mass is 10.0. The molecule has 0 N–H and O–H groups in total. The number of unbranched alkanes of at least 4 members (excludes halogenated alkanes) is 2. The number of nitrogens with zero attached hydrogens (tertiary/aromatic N) is 4. The molecule has 0 aromatic carbocycles. The van der Waals surface area contributed by atoms with E-state index in [1.807, 2.05) is 32.9 Å². The van der Waals surface area contributed by atoms with Crippen LogP contribution in [0.25, 0.3) is 0 Å². The standard InChI is InChI=1S/C29H45F3N4O4/c1-27(2,3)39-25(37)34-18-15-23(19-34)35(20-29(30,31)32)16-9-7-8-12-22-14-13-21-11-10-17-36(24(21)33-22)26(38)40-28(4,5)6/h13-14,23H,7-12,15-20H2,1-6H3/t23-/m1/s1. The van der Waals surface area contributed by atoms with Crippen molar-refractivity contribution in [2.45, 2.75) is 110 Å². The molecule has 0 bridgehead atoms. The topological polar surface area (TPSA) is 75.2 Å². The van der Waals surface area contributed by atoms with E-state index in [0.29, 0.717) is 44.7 Å². The van der Waals surface area contributed by atoms with Crippen LogP contribution in [0.1, 0.15) is 84.9 Å². The first-order valence-corrected chi connectivity index (χ1v) is 14.3. The highest BCUT2D eigenvalue weighted by Crippen LogP contribution is 2.28. The van der Waals surface area contributed by atoms with E-state index in [9.17, 15) is 22.8 Å². The van der Waals surface area contributed by atoms with Gasteiger partial charge in [0, 0.05) is 31.4 Å². The summed E-state index contributed by atoms with van der Waals surface area (Å²) in [5.74, 6) is 0.644. The van der Waals surface area contributed by atoms with Gasteiger partial charge in [0.25, 0.3) is 0 Å². The zero-order chi connectivity index (χ0) is 29.7. The minimum absolute atomic E-state index is 0.234. The molecule has 1 aromatic heterocycles. The van der Waals surface area contributed by atoms with Gasteiger partial charge in [0.2, 0.25) is 0 Å². The van der Waals surface area contributed by atoms with E-state index in [1.54, 1.807) is 25.7 Å². The monoisotopic (exact) mass is 570 g/mol. The van der Waals surface area contributed by atoms with E-state index in [1.165, 1.54) is 9.80 Å². The van der Waals surface area contributed by atoms with Crippen LogP contribution in [0.3, 0.4) is 0 Å². The Labute approximate surface area is 236 Å². The first-order valence-electron chi connectivity index (χ1n) is 14.3. The van der Waals surface area contributed by atoms with Crippen LogP contribution in [0.4, 0.5) is 28.6 Å². The number of hydrogen-bond donors (Lipinski definition) is 0. The van der Waals surface area contributed by atoms with E-state index in [0.717, 1.165) is 36.9 Å². The van der Waals surface area contributed by atoms with Crippen molar-refractivity contribution in [3.05, 3.63) is 23.4 Å². The molecule has 0 spiro atoms. The Morgan fingerprint density at radius 2 is 1.65 bits per heavy atom. The van der Waals surface area contributed by atoms with Crippen molar-refractivity contribution in [2.75, 3.05) is 37.6 Å². The molecule has 0 radical (unpaired) electrons. The summed E-state index contributed by atoms with van der Waals surface area (Å²) in [6.45, 7) is 11.3. The van der Waals surface area contributed by atoms with Gasteiger partial charge in [-0.05, 0) is 98.2 Å². The highest BCUT2D eigenvalue weighted by molar-refractivity contribution is 5.88. The van der Waals surface area contributed by atoms with Crippen LogP contribution >= 0.6 is 0 Å². The van der Waals surface area contributed by atoms with E-state index in [4.69, 9.17) is 14.5 Å². The number of carbonyl (C=O) groups is 2. The Hall–Kier alpha value is -2.56. The molecule has 1 saturated heterocycles. The average molecular weight is 571 g/mol. The Balaban J connectivity index is 1.52. The number of halogens is 3. The molecule has 3 heterocycles. The second kappa shape index (κ2) is 13.0. The van der Waals surface area contributed by atoms with Gasteiger partial charge in [0.05, 0.1) is 6.54 Å². The van der Waals surface area contributed by atoms with Crippen molar-refractivity contribution in [1.82, 2.24) is 14.8 Å². The van der Waals surface area contributed by atoms with E-state index < -0.39 is 36.1 Å². The molecule has 8 nitrogen and oxygen atoms in total. The number of likely N-dealkylation sites (tertiary alicyclic amines) is 1. The quantitative estimate of drug-likeness (QED) is 0.339. The van der Waals surface area contributed by atoms with Crippen molar-refractivity contribution >= 4 is 18.0 Å². The summed E-state index contributed by atoms with van der Waals surface area (Å²) in [5, 5.41) is 0. The van der Waals surface area contributed by atoms with Gasteiger partial charge in [-0.2, -0.15) is 13.2 Å². The molecule has 0 unspecified atom stereocenters. The first-order chi connectivity index (χ1) is 18.5. The molecular weight excluding hydrogens is 525 g/mol. The maximum Gasteiger partial charge on any atom is 0.416 e. The van der Waals surface area contributed by atoms with Gasteiger partial charge in [0.15, 0.2) is 0 Å². The molecular formula is C29H45F3N4O4. The fourth-order valence-electron chi connectivity index (χ4n) is 5.06. The molecule has 2 aliphatic heterocycles. The molecule has 226 valence electrons. The summed E-state index contributed by atoms with van der Waals surface area (Å²) in [7, 11) is 0. The van der Waals surface area contributed by atoms with E-state index >= 15 is 0 Å². The van der Waals surface area contributed by atoms with Crippen LogP contribution in [0.5, 0.6) is 0 Å². The molecule has 1 atom stereocenters. The van der Waals surface area contributed by atoms with Gasteiger partial charge in [0.1, 0.15) is 17.0 Å². The number of aromatic nitrogens is 1. The first kappa shape index (κ1) is 32.0. The number of alkyl halides is 3. The predicted octanol–water partition coefficient (Wildman–Crippen LogP) is 6.36. The normalized spacial score (nSPS) is 18.2. The fraction of sp³-hybridized carbons (Fsp3) is 0.759. The summed E-state index contributed by atoms with van der Waals surface area (Å²) >= 11 is 0. The number of hydrogen-bond acceptors (Lipinski definition) is 6. The van der Waals surface area contributed by atoms with Crippen LogP contribution in [0.2, 0.25) is 0 Å². The fourth-order valence-corrected chi connectivity index (χ4v) is 5.06. The van der Waals surface area contributed by atoms with Gasteiger partial charge in [-0.15, -0.1) is 0 Å². The van der Waals surface area contributed by atoms with Crippen molar-refractivity contribution in [2.24, 2.45) is 0 Å². The molecule has 3 rings (SSSR count). The highest BCUT2D eigenvalue weighted by Gasteiger charge is 2.38. The van der Waals surface area contributed by atoms with Gasteiger partial charge >= 0.3 is 18.4 Å². The van der Waals surface area contributed by atoms with Crippen molar-refractivity contribution in [1.29, 1.82) is 0 Å². The second-order valence-corrected chi connectivity index (χ2v) is 12.8. The second-order valence-electron chi connectivity index (χ2n) is 12.8. The third-order valence-electron chi connectivity index (χ3n) is 6.80. The number of rotatable bonds is 8. The third kappa shape index (κ3) is 10.1. The Kier molecular flexibility index (Phi) is 10.4. The lowest BCUT2D eigenvalue weighted by Gasteiger charge is -2.31. The largest absolute Gasteiger partial charge is 0.444 e. The van der Waals surface area contributed by atoms with Gasteiger partial charge in [-0.3, -0.25) is 9.80 Å². The lowest BCUT2D eigenvalue weighted by Crippen LogP contribution is -2.44. The number of aryl methyl sites for hydroxylation is 2. The van der Waals surface area contributed by atoms with E-state index in [2.05, 4.69) is 0 Å². The predicted molar refractivity (Wildman–Crippen MR) is 148 cm³/mol. The zero-order valence-electron chi connectivity index (χ0n) is 24.8. The Morgan fingerprint density at radius 1 is 0.975 bits per heavy atom. The Bertz CT molecular complexity index is 1020. The zero-order valence-corrected chi connectivity index (χ0v) is 24.8. The van der Waals surface area contributed by atoms with Crippen LogP contribution in [-0.4, -0.2) is 83.1 Å². The molecule has 2 aliphatic rings. The van der Waals surface area contributed by atoms with Gasteiger partial charge in [-0.25, -0.2) is 14.6 Å². The van der Waals surface area contributed by atoms with Crippen molar-refractivity contribution in [3.8, 4) is 0 Å². The summed E-state index contributed by atoms with van der Waals surface area (Å²) in [6, 6.07) is 3.63. The lowest BCUT2D eigenvalue weighted by molar-refractivity contribution is -0.150. The molecule has 2 amide bonds. The van der Waals surface area contributed by atoms with Crippen LogP contribution in [-0.2, 0) is 22.3 Å². The number of pyridine rings is 1. The van der Waals surface area contributed by atoms with Gasteiger partial charge in [-0.1, -0.05) is 12.5 Å². The minimum Gasteiger partial charge on any atom is -0.444 e. The van der Waals surface area contributed by atoms with Crippen molar-refractivity contribution in [3.63, 3.8) is 0 Å². The van der Waals surface area contributed by atoms with E-state index in [-0.39, 0.29) is 12.6 Å². The number of carbonyl (C=O) groups excluding carboxylic acids is 2. The SMILES string of the molecule is CC(C)(C)OC(=O)N1CC[C@@H](N(CCCCCc2ccc3c(n2)N(C(=O)OC(C)(C)C)CCC3)CC(F)(F)F)C1. The third-order valence-corrected chi connectivity index (χ3v) is 6.80. The molecule has 1 aromatic rings. The van der Waals surface area contributed by atoms with Crippen LogP contribution < -0.4 is 4.90 Å². The van der Waals surface area contributed by atoms with Crippen LogP contribution in [0.15, 0.2) is 12.1 Å². The molecule has 0 saturated carbocycles. The van der Waals surface area contributed by atoms with Crippen LogP contribution in [0, 0.1) is 0 Å². The molecule has 0 aliphatic carbocycles. The smallest absolute Gasteiger partial charge is 0.416 e. The summed E-state index contributed by atoms with van der Waals surface area (Å²) in [4.78, 5) is 34.4. The summed E-state index contributed by atoms with van der Waals surface area (Å²) < 4.78 is 51.0. The number of ether oxygens (including phenoxy) is 2. The number of anilines is 1. The average Bonchev–Trinajstić information content (AvgIpc) is 3.30. The Morgan fingerprint density at radius 3 is 2.30 bits per heavy atom. The summed E-state index contributed by atoms with van der Waals surface area (Å²) in [5.41, 5.74) is 0.617. The summed E-state index contributed by atoms with van der Waals surface area (Å²) in [6.07, 6.45) is -0.224. The van der Waals surface area contributed by atoms with Crippen molar-refractivity contribution < 1.29 is 32.2 Å². The molecule has 40 heavy (non-hydrogen) atoms. The van der Waals surface area contributed by atoms with Gasteiger partial charge < -0.3 is 14.4 Å². The highest BCUT2D eigenvalue weighted by atomic mass is 19.4. The molecule has 1 fully saturated rings. The number of fused-ring (bicyclic) bond motifs is 1. The molecule has 11 heteroatoms. The minimum atomic E-state index is -4.31. The number of amides is 2. The maximum absolute atomic E-state index is 13.4.